The molecular weight excluding hydrogens is 258 g/mol. The minimum atomic E-state index is -0.169. The van der Waals surface area contributed by atoms with E-state index < -0.39 is 0 Å². The van der Waals surface area contributed by atoms with Crippen LogP contribution < -0.4 is 11.3 Å². The number of nitrogens with zero attached hydrogens (tertiary/aromatic N) is 2. The molecule has 1 aromatic heterocycles. The molecule has 0 atom stereocenters. The second kappa shape index (κ2) is 6.67. The third-order valence-electron chi connectivity index (χ3n) is 3.55. The highest BCUT2D eigenvalue weighted by molar-refractivity contribution is 5.94. The molecule has 20 heavy (non-hydrogen) atoms. The summed E-state index contributed by atoms with van der Waals surface area (Å²) in [6.45, 7) is 2.40. The molecule has 1 saturated heterocycles. The SMILES string of the molecule is Cn1ccc(C(=O)N2CCC(OCCN)CC2)cc1=O. The van der Waals surface area contributed by atoms with Gasteiger partial charge in [0.25, 0.3) is 11.5 Å². The van der Waals surface area contributed by atoms with E-state index >= 15 is 0 Å². The Hall–Kier alpha value is -1.66. The van der Waals surface area contributed by atoms with Crippen LogP contribution in [-0.4, -0.2) is 47.7 Å². The summed E-state index contributed by atoms with van der Waals surface area (Å²) >= 11 is 0. The molecule has 1 fully saturated rings. The largest absolute Gasteiger partial charge is 0.377 e. The molecule has 0 radical (unpaired) electrons. The van der Waals surface area contributed by atoms with Gasteiger partial charge in [0.05, 0.1) is 12.7 Å². The molecule has 0 spiro atoms. The van der Waals surface area contributed by atoms with Gasteiger partial charge in [-0.1, -0.05) is 0 Å². The van der Waals surface area contributed by atoms with Crippen molar-refractivity contribution in [3.63, 3.8) is 0 Å². The summed E-state index contributed by atoms with van der Waals surface area (Å²) in [4.78, 5) is 25.6. The summed E-state index contributed by atoms with van der Waals surface area (Å²) in [6, 6.07) is 3.07. The number of ether oxygens (including phenoxy) is 1. The second-order valence-corrected chi connectivity index (χ2v) is 5.02. The zero-order valence-electron chi connectivity index (χ0n) is 11.7. The Kier molecular flexibility index (Phi) is 4.92. The lowest BCUT2D eigenvalue weighted by Gasteiger charge is -2.32. The molecule has 1 aliphatic rings. The van der Waals surface area contributed by atoms with E-state index in [9.17, 15) is 9.59 Å². The first-order valence-corrected chi connectivity index (χ1v) is 6.89. The average Bonchev–Trinajstić information content (AvgIpc) is 2.48. The number of aromatic nitrogens is 1. The second-order valence-electron chi connectivity index (χ2n) is 5.02. The normalized spacial score (nSPS) is 16.4. The van der Waals surface area contributed by atoms with Crippen LogP contribution in [0.5, 0.6) is 0 Å². The monoisotopic (exact) mass is 279 g/mol. The quantitative estimate of drug-likeness (QED) is 0.839. The molecule has 0 saturated carbocycles. The fourth-order valence-electron chi connectivity index (χ4n) is 2.32. The van der Waals surface area contributed by atoms with E-state index in [1.165, 1.54) is 10.6 Å². The molecule has 2 rings (SSSR count). The molecule has 0 unspecified atom stereocenters. The molecule has 0 bridgehead atoms. The number of carbonyl (C=O) groups is 1. The van der Waals surface area contributed by atoms with Gasteiger partial charge in [0.1, 0.15) is 0 Å². The standard InChI is InChI=1S/C14H21N3O3/c1-16-6-2-11(10-13(16)18)14(19)17-7-3-12(4-8-17)20-9-5-15/h2,6,10,12H,3-5,7-9,15H2,1H3. The number of carbonyl (C=O) groups excluding carboxylic acids is 1. The van der Waals surface area contributed by atoms with Crippen LogP contribution in [0.2, 0.25) is 0 Å². The Labute approximate surface area is 118 Å². The predicted molar refractivity (Wildman–Crippen MR) is 75.6 cm³/mol. The van der Waals surface area contributed by atoms with Gasteiger partial charge >= 0.3 is 0 Å². The van der Waals surface area contributed by atoms with Crippen LogP contribution in [0, 0.1) is 0 Å². The smallest absolute Gasteiger partial charge is 0.254 e. The van der Waals surface area contributed by atoms with Gasteiger partial charge in [-0.3, -0.25) is 9.59 Å². The minimum Gasteiger partial charge on any atom is -0.377 e. The van der Waals surface area contributed by atoms with Crippen LogP contribution in [0.1, 0.15) is 23.2 Å². The summed E-state index contributed by atoms with van der Waals surface area (Å²) in [5.41, 5.74) is 5.69. The van der Waals surface area contributed by atoms with E-state index in [2.05, 4.69) is 0 Å². The average molecular weight is 279 g/mol. The number of hydrogen-bond acceptors (Lipinski definition) is 4. The maximum absolute atomic E-state index is 12.3. The van der Waals surface area contributed by atoms with E-state index in [0.717, 1.165) is 12.8 Å². The van der Waals surface area contributed by atoms with Crippen LogP contribution in [0.15, 0.2) is 23.1 Å². The number of nitrogens with two attached hydrogens (primary N) is 1. The molecular formula is C14H21N3O3. The van der Waals surface area contributed by atoms with Gasteiger partial charge in [-0.2, -0.15) is 0 Å². The fourth-order valence-corrected chi connectivity index (χ4v) is 2.32. The lowest BCUT2D eigenvalue weighted by Crippen LogP contribution is -2.41. The van der Waals surface area contributed by atoms with Crippen LogP contribution in [0.4, 0.5) is 0 Å². The van der Waals surface area contributed by atoms with Gasteiger partial charge < -0.3 is 19.9 Å². The summed E-state index contributed by atoms with van der Waals surface area (Å²) in [5.74, 6) is -0.0834. The van der Waals surface area contributed by atoms with Gasteiger partial charge in [-0.15, -0.1) is 0 Å². The van der Waals surface area contributed by atoms with Crippen molar-refractivity contribution in [2.45, 2.75) is 18.9 Å². The van der Waals surface area contributed by atoms with E-state index in [4.69, 9.17) is 10.5 Å². The first-order valence-electron chi connectivity index (χ1n) is 6.89. The Bertz CT molecular complexity index is 519. The highest BCUT2D eigenvalue weighted by atomic mass is 16.5. The molecule has 2 N–H and O–H groups in total. The van der Waals surface area contributed by atoms with E-state index in [-0.39, 0.29) is 17.6 Å². The number of pyridine rings is 1. The highest BCUT2D eigenvalue weighted by Gasteiger charge is 2.24. The molecule has 1 amide bonds. The Morgan fingerprint density at radius 3 is 2.75 bits per heavy atom. The Morgan fingerprint density at radius 2 is 2.15 bits per heavy atom. The first-order chi connectivity index (χ1) is 9.61. The van der Waals surface area contributed by atoms with Crippen molar-refractivity contribution >= 4 is 5.91 Å². The molecule has 0 aromatic carbocycles. The van der Waals surface area contributed by atoms with Crippen molar-refractivity contribution in [3.8, 4) is 0 Å². The number of aryl methyl sites for hydroxylation is 1. The zero-order chi connectivity index (χ0) is 14.5. The van der Waals surface area contributed by atoms with Crippen LogP contribution in [0.3, 0.4) is 0 Å². The van der Waals surface area contributed by atoms with Crippen molar-refractivity contribution in [3.05, 3.63) is 34.2 Å². The van der Waals surface area contributed by atoms with Crippen LogP contribution in [-0.2, 0) is 11.8 Å². The number of piperidine rings is 1. The number of likely N-dealkylation sites (tertiary alicyclic amines) is 1. The van der Waals surface area contributed by atoms with E-state index in [1.54, 1.807) is 24.2 Å². The van der Waals surface area contributed by atoms with Crippen molar-refractivity contribution < 1.29 is 9.53 Å². The highest BCUT2D eigenvalue weighted by Crippen LogP contribution is 2.15. The fraction of sp³-hybridized carbons (Fsp3) is 0.571. The van der Waals surface area contributed by atoms with Gasteiger partial charge in [-0.05, 0) is 18.9 Å². The third kappa shape index (κ3) is 3.46. The number of hydrogen-bond donors (Lipinski definition) is 1. The van der Waals surface area contributed by atoms with Gasteiger partial charge in [-0.25, -0.2) is 0 Å². The summed E-state index contributed by atoms with van der Waals surface area (Å²) in [5, 5.41) is 0. The lowest BCUT2D eigenvalue weighted by molar-refractivity contribution is 0.0121. The molecule has 0 aliphatic carbocycles. The summed E-state index contributed by atoms with van der Waals surface area (Å²) in [6.07, 6.45) is 3.44. The third-order valence-corrected chi connectivity index (χ3v) is 3.55. The molecule has 1 aliphatic heterocycles. The summed E-state index contributed by atoms with van der Waals surface area (Å²) < 4.78 is 7.03. The van der Waals surface area contributed by atoms with Gasteiger partial charge in [0.15, 0.2) is 0 Å². The minimum absolute atomic E-state index is 0.0834. The van der Waals surface area contributed by atoms with Crippen molar-refractivity contribution in [2.75, 3.05) is 26.2 Å². The Balaban J connectivity index is 1.94. The maximum atomic E-state index is 12.3. The lowest BCUT2D eigenvalue weighted by atomic mass is 10.1. The van der Waals surface area contributed by atoms with Gasteiger partial charge in [0, 0.05) is 44.5 Å². The molecule has 6 nitrogen and oxygen atoms in total. The number of amides is 1. The van der Waals surface area contributed by atoms with Crippen molar-refractivity contribution in [1.82, 2.24) is 9.47 Å². The zero-order valence-corrected chi connectivity index (χ0v) is 11.7. The molecule has 6 heteroatoms. The molecule has 1 aromatic rings. The van der Waals surface area contributed by atoms with Crippen LogP contribution in [0.25, 0.3) is 0 Å². The topological polar surface area (TPSA) is 77.6 Å². The van der Waals surface area contributed by atoms with Crippen molar-refractivity contribution in [2.24, 2.45) is 12.8 Å². The first kappa shape index (κ1) is 14.7. The van der Waals surface area contributed by atoms with Crippen molar-refractivity contribution in [1.29, 1.82) is 0 Å². The van der Waals surface area contributed by atoms with Crippen LogP contribution >= 0.6 is 0 Å². The van der Waals surface area contributed by atoms with E-state index in [1.807, 2.05) is 0 Å². The Morgan fingerprint density at radius 1 is 1.45 bits per heavy atom. The van der Waals surface area contributed by atoms with E-state index in [0.29, 0.717) is 31.8 Å². The van der Waals surface area contributed by atoms with Gasteiger partial charge in [0.2, 0.25) is 0 Å². The molecule has 2 heterocycles. The summed E-state index contributed by atoms with van der Waals surface area (Å²) in [7, 11) is 1.66. The molecule has 110 valence electrons. The number of rotatable bonds is 4. The maximum Gasteiger partial charge on any atom is 0.254 e. The predicted octanol–water partition coefficient (Wildman–Crippen LogP) is -0.0348.